The maximum atomic E-state index is 12.5. The average molecular weight is 326 g/mol. The van der Waals surface area contributed by atoms with Crippen molar-refractivity contribution in [3.05, 3.63) is 59.5 Å². The molecule has 0 amide bonds. The van der Waals surface area contributed by atoms with E-state index in [4.69, 9.17) is 14.2 Å². The number of nitrogens with zero attached hydrogens (tertiary/aromatic N) is 2. The van der Waals surface area contributed by atoms with Crippen LogP contribution in [0.2, 0.25) is 0 Å². The fraction of sp³-hybridized carbons (Fsp3) is 0.222. The molecule has 0 aliphatic carbocycles. The number of hydrogen-bond acceptors (Lipinski definition) is 5. The summed E-state index contributed by atoms with van der Waals surface area (Å²) in [7, 11) is 3.20. The summed E-state index contributed by atoms with van der Waals surface area (Å²) >= 11 is 0. The number of benzene rings is 1. The number of rotatable bonds is 5. The molecule has 3 aromatic rings. The van der Waals surface area contributed by atoms with Gasteiger partial charge in [0.1, 0.15) is 23.8 Å². The molecule has 1 aromatic carbocycles. The molecule has 124 valence electrons. The monoisotopic (exact) mass is 326 g/mol. The molecule has 0 unspecified atom stereocenters. The second-order valence-corrected chi connectivity index (χ2v) is 5.26. The standard InChI is InChI=1S/C18H18N2O4/c1-12-17(20-9-8-15(23-3)10-16(20)19-12)18(21)24-11-13-4-6-14(22-2)7-5-13/h4-10H,11H2,1-3H3. The average Bonchev–Trinajstić information content (AvgIpc) is 2.94. The van der Waals surface area contributed by atoms with Crippen LogP contribution >= 0.6 is 0 Å². The van der Waals surface area contributed by atoms with Gasteiger partial charge >= 0.3 is 5.97 Å². The molecule has 24 heavy (non-hydrogen) atoms. The van der Waals surface area contributed by atoms with Crippen molar-refractivity contribution in [3.8, 4) is 11.5 Å². The van der Waals surface area contributed by atoms with E-state index in [1.54, 1.807) is 43.9 Å². The van der Waals surface area contributed by atoms with Gasteiger partial charge in [0.25, 0.3) is 0 Å². The van der Waals surface area contributed by atoms with Gasteiger partial charge in [-0.25, -0.2) is 9.78 Å². The van der Waals surface area contributed by atoms with Crippen LogP contribution < -0.4 is 9.47 Å². The van der Waals surface area contributed by atoms with Crippen LogP contribution in [-0.2, 0) is 11.3 Å². The number of ether oxygens (including phenoxy) is 3. The normalized spacial score (nSPS) is 10.6. The third-order valence-electron chi connectivity index (χ3n) is 3.73. The summed E-state index contributed by atoms with van der Waals surface area (Å²) in [5.74, 6) is 1.03. The van der Waals surface area contributed by atoms with Gasteiger partial charge in [-0.2, -0.15) is 0 Å². The first-order chi connectivity index (χ1) is 11.6. The number of hydrogen-bond donors (Lipinski definition) is 0. The Morgan fingerprint density at radius 1 is 1.08 bits per heavy atom. The van der Waals surface area contributed by atoms with E-state index in [0.29, 0.717) is 22.8 Å². The van der Waals surface area contributed by atoms with E-state index < -0.39 is 5.97 Å². The highest BCUT2D eigenvalue weighted by Crippen LogP contribution is 2.19. The molecule has 3 rings (SSSR count). The molecule has 2 heterocycles. The van der Waals surface area contributed by atoms with Gasteiger partial charge in [-0.05, 0) is 30.7 Å². The van der Waals surface area contributed by atoms with Crippen LogP contribution in [0.3, 0.4) is 0 Å². The van der Waals surface area contributed by atoms with E-state index in [0.717, 1.165) is 11.3 Å². The lowest BCUT2D eigenvalue weighted by molar-refractivity contribution is 0.0463. The quantitative estimate of drug-likeness (QED) is 0.675. The molecule has 2 aromatic heterocycles. The Hall–Kier alpha value is -3.02. The number of methoxy groups -OCH3 is 2. The minimum Gasteiger partial charge on any atom is -0.497 e. The van der Waals surface area contributed by atoms with Crippen LogP contribution in [0, 0.1) is 6.92 Å². The molecule has 0 fully saturated rings. The first-order valence-electron chi connectivity index (χ1n) is 7.45. The molecule has 0 radical (unpaired) electrons. The predicted octanol–water partition coefficient (Wildman–Crippen LogP) is 3.02. The summed E-state index contributed by atoms with van der Waals surface area (Å²) in [6.07, 6.45) is 1.75. The number of esters is 1. The van der Waals surface area contributed by atoms with E-state index >= 15 is 0 Å². The first kappa shape index (κ1) is 15.9. The Bertz CT molecular complexity index is 869. The molecular formula is C18H18N2O4. The Labute approximate surface area is 139 Å². The summed E-state index contributed by atoms with van der Waals surface area (Å²) in [4.78, 5) is 16.8. The van der Waals surface area contributed by atoms with E-state index in [-0.39, 0.29) is 6.61 Å². The van der Waals surface area contributed by atoms with Crippen LogP contribution in [0.4, 0.5) is 0 Å². The smallest absolute Gasteiger partial charge is 0.357 e. The maximum absolute atomic E-state index is 12.5. The molecule has 0 saturated carbocycles. The third kappa shape index (κ3) is 3.03. The van der Waals surface area contributed by atoms with Crippen LogP contribution in [0.1, 0.15) is 21.7 Å². The van der Waals surface area contributed by atoms with Gasteiger partial charge < -0.3 is 14.2 Å². The van der Waals surface area contributed by atoms with E-state index in [1.165, 1.54) is 0 Å². The lowest BCUT2D eigenvalue weighted by Gasteiger charge is -2.07. The van der Waals surface area contributed by atoms with Crippen molar-refractivity contribution in [2.45, 2.75) is 13.5 Å². The first-order valence-corrected chi connectivity index (χ1v) is 7.45. The van der Waals surface area contributed by atoms with Gasteiger partial charge in [-0.3, -0.25) is 4.40 Å². The topological polar surface area (TPSA) is 62.1 Å². The van der Waals surface area contributed by atoms with Gasteiger partial charge in [-0.15, -0.1) is 0 Å². The van der Waals surface area contributed by atoms with Crippen molar-refractivity contribution < 1.29 is 19.0 Å². The Morgan fingerprint density at radius 2 is 1.79 bits per heavy atom. The molecule has 6 nitrogen and oxygen atoms in total. The number of carbonyl (C=O) groups excluding carboxylic acids is 1. The fourth-order valence-corrected chi connectivity index (χ4v) is 2.46. The second-order valence-electron chi connectivity index (χ2n) is 5.26. The fourth-order valence-electron chi connectivity index (χ4n) is 2.46. The molecule has 0 atom stereocenters. The van der Waals surface area contributed by atoms with Crippen molar-refractivity contribution in [3.63, 3.8) is 0 Å². The number of aromatic nitrogens is 2. The lowest BCUT2D eigenvalue weighted by atomic mass is 10.2. The molecule has 0 N–H and O–H groups in total. The van der Waals surface area contributed by atoms with Crippen molar-refractivity contribution >= 4 is 11.6 Å². The van der Waals surface area contributed by atoms with Gasteiger partial charge in [0.15, 0.2) is 5.69 Å². The zero-order valence-electron chi connectivity index (χ0n) is 13.8. The molecule has 0 aliphatic heterocycles. The third-order valence-corrected chi connectivity index (χ3v) is 3.73. The molecule has 0 saturated heterocycles. The second kappa shape index (κ2) is 6.62. The summed E-state index contributed by atoms with van der Waals surface area (Å²) < 4.78 is 17.4. The summed E-state index contributed by atoms with van der Waals surface area (Å²) in [5, 5.41) is 0. The highest BCUT2D eigenvalue weighted by Gasteiger charge is 2.18. The van der Waals surface area contributed by atoms with Crippen LogP contribution in [0.5, 0.6) is 11.5 Å². The number of fused-ring (bicyclic) bond motifs is 1. The summed E-state index contributed by atoms with van der Waals surface area (Å²) in [6.45, 7) is 1.97. The molecule has 0 spiro atoms. The van der Waals surface area contributed by atoms with E-state index in [2.05, 4.69) is 4.98 Å². The Morgan fingerprint density at radius 3 is 2.46 bits per heavy atom. The molecule has 6 heteroatoms. The van der Waals surface area contributed by atoms with Gasteiger partial charge in [-0.1, -0.05) is 12.1 Å². The highest BCUT2D eigenvalue weighted by molar-refractivity contribution is 5.90. The summed E-state index contributed by atoms with van der Waals surface area (Å²) in [5.41, 5.74) is 2.56. The molecule has 0 bridgehead atoms. The molecule has 0 aliphatic rings. The van der Waals surface area contributed by atoms with Crippen LogP contribution in [0.15, 0.2) is 42.6 Å². The van der Waals surface area contributed by atoms with Gasteiger partial charge in [0, 0.05) is 12.3 Å². The minimum atomic E-state index is -0.416. The number of carbonyl (C=O) groups is 1. The Kier molecular flexibility index (Phi) is 4.37. The van der Waals surface area contributed by atoms with Crippen molar-refractivity contribution in [2.24, 2.45) is 0 Å². The number of aryl methyl sites for hydroxylation is 1. The lowest BCUT2D eigenvalue weighted by Crippen LogP contribution is -2.09. The van der Waals surface area contributed by atoms with Crippen molar-refractivity contribution in [1.82, 2.24) is 9.38 Å². The minimum absolute atomic E-state index is 0.186. The zero-order valence-corrected chi connectivity index (χ0v) is 13.8. The van der Waals surface area contributed by atoms with E-state index in [1.807, 2.05) is 24.3 Å². The van der Waals surface area contributed by atoms with Crippen LogP contribution in [-0.4, -0.2) is 29.6 Å². The maximum Gasteiger partial charge on any atom is 0.357 e. The number of imidazole rings is 1. The molecular weight excluding hydrogens is 308 g/mol. The Balaban J connectivity index is 1.79. The predicted molar refractivity (Wildman–Crippen MR) is 88.6 cm³/mol. The SMILES string of the molecule is COc1ccc(COC(=O)c2c(C)nc3cc(OC)ccn23)cc1. The highest BCUT2D eigenvalue weighted by atomic mass is 16.5. The largest absolute Gasteiger partial charge is 0.497 e. The van der Waals surface area contributed by atoms with Gasteiger partial charge in [0.2, 0.25) is 0 Å². The summed E-state index contributed by atoms with van der Waals surface area (Å²) in [6, 6.07) is 10.9. The van der Waals surface area contributed by atoms with Crippen molar-refractivity contribution in [2.75, 3.05) is 14.2 Å². The zero-order chi connectivity index (χ0) is 17.1. The van der Waals surface area contributed by atoms with E-state index in [9.17, 15) is 4.79 Å². The van der Waals surface area contributed by atoms with Gasteiger partial charge in [0.05, 0.1) is 19.9 Å². The van der Waals surface area contributed by atoms with Crippen molar-refractivity contribution in [1.29, 1.82) is 0 Å². The number of pyridine rings is 1. The van der Waals surface area contributed by atoms with Crippen LogP contribution in [0.25, 0.3) is 5.65 Å².